The van der Waals surface area contributed by atoms with Crippen molar-refractivity contribution in [1.29, 1.82) is 0 Å². The minimum absolute atomic E-state index is 0.0183. The average molecular weight is 889 g/mol. The molecular weight excluding hydrogens is 845 g/mol. The molecule has 3 aliphatic rings. The maximum absolute atomic E-state index is 14.3. The van der Waals surface area contributed by atoms with Gasteiger partial charge in [0.2, 0.25) is 11.8 Å². The number of fused-ring (bicyclic) bond motifs is 2. The van der Waals surface area contributed by atoms with E-state index < -0.39 is 23.3 Å². The number of nitrogens with zero attached hydrogens (tertiary/aromatic N) is 5. The van der Waals surface area contributed by atoms with Crippen molar-refractivity contribution >= 4 is 46.6 Å². The molecule has 7 heterocycles. The number of likely N-dealkylation sites (N-methyl/N-ethyl adjacent to an activating group) is 1. The molecule has 4 aromatic heterocycles. The minimum atomic E-state index is -0.745. The predicted molar refractivity (Wildman–Crippen MR) is 235 cm³/mol. The van der Waals surface area contributed by atoms with Gasteiger partial charge in [-0.15, -0.1) is 0 Å². The Morgan fingerprint density at radius 1 is 0.692 bits per heavy atom. The van der Waals surface area contributed by atoms with Gasteiger partial charge >= 0.3 is 0 Å². The highest BCUT2D eigenvalue weighted by atomic mass is 19.1. The second-order valence-electron chi connectivity index (χ2n) is 14.8. The van der Waals surface area contributed by atoms with Gasteiger partial charge in [-0.2, -0.15) is 0 Å². The first-order chi connectivity index (χ1) is 31.4. The van der Waals surface area contributed by atoms with E-state index in [9.17, 15) is 36.7 Å². The standard InChI is InChI=1S/C23H21F2N5O2.C22H17F2N5O2.C2H6/c1-3-30(2)20(31)9-13-7-8-19(26-11-13)29-17-10-16(21-14(24)5-4-6-15(21)25)28-18-12-27-23(32)22(17)18;23-13-2-1-3-14(24)19(13)15-8-16(20-17(28-15)10-27-22(20)31)29-18-5-4-11(9-26-18)12-6-7-25-21(12)30;1-2/h4-8,10-11H,3,9,12H2,1-2H3,(H,27,32)(H,26,28,29);1-5,8-9,12H,6-7,10H2,(H,25,30)(H,27,31)(H,26,28,29);1-2H3/t;12-;/m.0./s1. The van der Waals surface area contributed by atoms with Gasteiger partial charge in [-0.05, 0) is 73.0 Å². The molecule has 334 valence electrons. The number of hydrogen-bond acceptors (Lipinski definition) is 10. The lowest BCUT2D eigenvalue weighted by atomic mass is 10.00. The summed E-state index contributed by atoms with van der Waals surface area (Å²) in [6.07, 6.45) is 4.11. The summed E-state index contributed by atoms with van der Waals surface area (Å²) in [6, 6.07) is 17.0. The predicted octanol–water partition coefficient (Wildman–Crippen LogP) is 7.47. The minimum Gasteiger partial charge on any atom is -0.356 e. The number of halogens is 4. The molecule has 2 aromatic carbocycles. The molecule has 1 fully saturated rings. The van der Waals surface area contributed by atoms with Crippen molar-refractivity contribution in [2.75, 3.05) is 30.8 Å². The van der Waals surface area contributed by atoms with Gasteiger partial charge in [0.1, 0.15) is 34.9 Å². The molecule has 1 atom stereocenters. The van der Waals surface area contributed by atoms with Crippen LogP contribution in [0.15, 0.2) is 85.2 Å². The quantitative estimate of drug-likeness (QED) is 0.0866. The first-order valence-electron chi connectivity index (χ1n) is 20.9. The number of amides is 4. The van der Waals surface area contributed by atoms with E-state index in [1.54, 1.807) is 48.6 Å². The Morgan fingerprint density at radius 3 is 1.60 bits per heavy atom. The first-order valence-corrected chi connectivity index (χ1v) is 20.9. The van der Waals surface area contributed by atoms with E-state index in [2.05, 4.69) is 46.5 Å². The third-order valence-corrected chi connectivity index (χ3v) is 10.8. The number of benzene rings is 2. The average Bonchev–Trinajstić information content (AvgIpc) is 4.02. The normalized spacial score (nSPS) is 14.4. The fourth-order valence-electron chi connectivity index (χ4n) is 7.36. The second-order valence-corrected chi connectivity index (χ2v) is 14.8. The highest BCUT2D eigenvalue weighted by molar-refractivity contribution is 6.05. The summed E-state index contributed by atoms with van der Waals surface area (Å²) < 4.78 is 57.3. The number of aromatic nitrogens is 4. The van der Waals surface area contributed by atoms with Crippen molar-refractivity contribution < 1.29 is 36.7 Å². The van der Waals surface area contributed by atoms with Crippen LogP contribution in [0.5, 0.6) is 0 Å². The van der Waals surface area contributed by atoms with E-state index in [0.29, 0.717) is 65.0 Å². The number of nitrogens with one attached hydrogen (secondary N) is 5. The molecule has 3 aliphatic heterocycles. The van der Waals surface area contributed by atoms with Gasteiger partial charge in [-0.3, -0.25) is 19.2 Å². The SMILES string of the molecule is CC.CCN(C)C(=O)Cc1ccc(Nc2cc(-c3c(F)cccc3F)nc3c2C(=O)NC3)nc1.O=C1NCc2nc(-c3c(F)cccc3F)cc(Nc3ccc([C@@H]4CCNC4=O)cn3)c21. The third-order valence-electron chi connectivity index (χ3n) is 10.8. The van der Waals surface area contributed by atoms with Crippen LogP contribution >= 0.6 is 0 Å². The molecule has 9 rings (SSSR count). The monoisotopic (exact) mass is 888 g/mol. The molecule has 0 bridgehead atoms. The van der Waals surface area contributed by atoms with Crippen LogP contribution < -0.4 is 26.6 Å². The highest BCUT2D eigenvalue weighted by Crippen LogP contribution is 2.35. The van der Waals surface area contributed by atoms with Crippen LogP contribution in [0.2, 0.25) is 0 Å². The molecule has 0 aliphatic carbocycles. The molecule has 0 spiro atoms. The largest absolute Gasteiger partial charge is 0.356 e. The highest BCUT2D eigenvalue weighted by Gasteiger charge is 2.30. The Balaban J connectivity index is 0.000000187. The van der Waals surface area contributed by atoms with Gasteiger partial charge in [0.05, 0.1) is 81.8 Å². The summed E-state index contributed by atoms with van der Waals surface area (Å²) in [5, 5.41) is 14.2. The summed E-state index contributed by atoms with van der Waals surface area (Å²) in [4.78, 5) is 67.5. The summed E-state index contributed by atoms with van der Waals surface area (Å²) in [5.74, 6) is -3.07. The number of carbonyl (C=O) groups excluding carboxylic acids is 4. The van der Waals surface area contributed by atoms with Gasteiger partial charge in [-0.1, -0.05) is 38.1 Å². The molecule has 14 nitrogen and oxygen atoms in total. The van der Waals surface area contributed by atoms with Crippen LogP contribution in [0.4, 0.5) is 40.6 Å². The van der Waals surface area contributed by atoms with Gasteiger partial charge in [-0.25, -0.2) is 37.5 Å². The molecule has 0 radical (unpaired) electrons. The molecule has 1 saturated heterocycles. The lowest BCUT2D eigenvalue weighted by Gasteiger charge is -2.15. The van der Waals surface area contributed by atoms with E-state index >= 15 is 0 Å². The second kappa shape index (κ2) is 19.7. The maximum Gasteiger partial charge on any atom is 0.255 e. The maximum atomic E-state index is 14.3. The van der Waals surface area contributed by atoms with Crippen LogP contribution in [-0.4, -0.2) is 68.6 Å². The fraction of sp³-hybridized carbons (Fsp3) is 0.234. The molecule has 6 aromatic rings. The van der Waals surface area contributed by atoms with E-state index in [1.165, 1.54) is 24.3 Å². The van der Waals surface area contributed by atoms with Crippen molar-refractivity contribution in [2.45, 2.75) is 52.6 Å². The molecule has 4 amide bonds. The lowest BCUT2D eigenvalue weighted by molar-refractivity contribution is -0.129. The van der Waals surface area contributed by atoms with Crippen LogP contribution in [0, 0.1) is 23.3 Å². The Labute approximate surface area is 371 Å². The number of carbonyl (C=O) groups is 4. The summed E-state index contributed by atoms with van der Waals surface area (Å²) in [7, 11) is 1.73. The fourth-order valence-corrected chi connectivity index (χ4v) is 7.36. The van der Waals surface area contributed by atoms with E-state index in [-0.39, 0.29) is 71.6 Å². The van der Waals surface area contributed by atoms with E-state index in [1.807, 2.05) is 20.8 Å². The van der Waals surface area contributed by atoms with Crippen LogP contribution in [0.1, 0.15) is 76.3 Å². The topological polar surface area (TPSA) is 183 Å². The van der Waals surface area contributed by atoms with E-state index in [4.69, 9.17) is 0 Å². The first kappa shape index (κ1) is 45.3. The Morgan fingerprint density at radius 2 is 1.18 bits per heavy atom. The Bertz CT molecular complexity index is 2750. The summed E-state index contributed by atoms with van der Waals surface area (Å²) in [6.45, 7) is 7.47. The smallest absolute Gasteiger partial charge is 0.255 e. The Hall–Kier alpha value is -7.76. The lowest BCUT2D eigenvalue weighted by Crippen LogP contribution is -2.27. The van der Waals surface area contributed by atoms with Gasteiger partial charge in [0.25, 0.3) is 11.8 Å². The van der Waals surface area contributed by atoms with Crippen LogP contribution in [-0.2, 0) is 29.1 Å². The van der Waals surface area contributed by atoms with Gasteiger partial charge < -0.3 is 31.5 Å². The van der Waals surface area contributed by atoms with Crippen molar-refractivity contribution in [2.24, 2.45) is 0 Å². The van der Waals surface area contributed by atoms with Gasteiger partial charge in [0, 0.05) is 32.5 Å². The van der Waals surface area contributed by atoms with Gasteiger partial charge in [0.15, 0.2) is 0 Å². The zero-order valence-corrected chi connectivity index (χ0v) is 35.8. The van der Waals surface area contributed by atoms with Crippen LogP contribution in [0.25, 0.3) is 22.5 Å². The number of anilines is 4. The zero-order chi connectivity index (χ0) is 46.4. The zero-order valence-electron chi connectivity index (χ0n) is 35.8. The number of pyridine rings is 4. The van der Waals surface area contributed by atoms with Crippen molar-refractivity contribution in [3.8, 4) is 22.5 Å². The summed E-state index contributed by atoms with van der Waals surface area (Å²) in [5.41, 5.74) is 3.24. The molecule has 5 N–H and O–H groups in total. The number of rotatable bonds is 10. The Kier molecular flexibility index (Phi) is 13.7. The third kappa shape index (κ3) is 9.75. The molecule has 65 heavy (non-hydrogen) atoms. The molecular formula is C47H44F4N10O4. The molecule has 0 saturated carbocycles. The molecule has 0 unspecified atom stereocenters. The molecule has 18 heteroatoms. The van der Waals surface area contributed by atoms with Crippen LogP contribution in [0.3, 0.4) is 0 Å². The number of hydrogen-bond donors (Lipinski definition) is 5. The van der Waals surface area contributed by atoms with Crippen molar-refractivity contribution in [1.82, 2.24) is 40.8 Å². The summed E-state index contributed by atoms with van der Waals surface area (Å²) >= 11 is 0. The van der Waals surface area contributed by atoms with Crippen molar-refractivity contribution in [3.63, 3.8) is 0 Å². The van der Waals surface area contributed by atoms with Crippen molar-refractivity contribution in [3.05, 3.63) is 142 Å². The van der Waals surface area contributed by atoms with E-state index in [0.717, 1.165) is 35.4 Å².